The van der Waals surface area contributed by atoms with Gasteiger partial charge in [-0.15, -0.1) is 0 Å². The maximum Gasteiger partial charge on any atom is 0.341 e. The first-order chi connectivity index (χ1) is 8.18. The summed E-state index contributed by atoms with van der Waals surface area (Å²) in [5.41, 5.74) is -0.0695. The molecule has 0 saturated heterocycles. The van der Waals surface area contributed by atoms with Crippen LogP contribution in [0.5, 0.6) is 0 Å². The smallest absolute Gasteiger partial charge is 0.341 e. The summed E-state index contributed by atoms with van der Waals surface area (Å²) in [6.45, 7) is 0. The van der Waals surface area contributed by atoms with Crippen molar-refractivity contribution in [2.45, 2.75) is 18.9 Å². The molecule has 0 amide bonds. The second-order valence-electron chi connectivity index (χ2n) is 4.19. The van der Waals surface area contributed by atoms with Crippen molar-refractivity contribution in [3.63, 3.8) is 0 Å². The molecule has 2 heterocycles. The van der Waals surface area contributed by atoms with E-state index in [9.17, 15) is 9.59 Å². The molecule has 86 valence electrons. The van der Waals surface area contributed by atoms with Crippen molar-refractivity contribution < 1.29 is 9.90 Å². The van der Waals surface area contributed by atoms with Crippen LogP contribution in [0.2, 0.25) is 0 Å². The molecule has 1 fully saturated rings. The number of nitrogens with zero attached hydrogens (tertiary/aromatic N) is 2. The lowest BCUT2D eigenvalue weighted by atomic mass is 10.2. The minimum Gasteiger partial charge on any atom is -0.477 e. The third-order valence-corrected chi connectivity index (χ3v) is 2.96. The van der Waals surface area contributed by atoms with Crippen molar-refractivity contribution in [3.05, 3.63) is 40.3 Å². The highest BCUT2D eigenvalue weighted by atomic mass is 16.4. The fraction of sp³-hybridized carbons (Fsp3) is 0.250. The van der Waals surface area contributed by atoms with Crippen molar-refractivity contribution in [2.24, 2.45) is 0 Å². The minimum atomic E-state index is -1.19. The Balaban J connectivity index is 2.42. The number of aromatic carboxylic acids is 1. The Kier molecular flexibility index (Phi) is 2.01. The third-order valence-electron chi connectivity index (χ3n) is 2.96. The van der Waals surface area contributed by atoms with Gasteiger partial charge in [0.25, 0.3) is 0 Å². The van der Waals surface area contributed by atoms with Crippen molar-refractivity contribution in [1.29, 1.82) is 0 Å². The van der Waals surface area contributed by atoms with Gasteiger partial charge in [0.2, 0.25) is 5.43 Å². The molecule has 5 nitrogen and oxygen atoms in total. The zero-order valence-electron chi connectivity index (χ0n) is 8.96. The monoisotopic (exact) mass is 230 g/mol. The summed E-state index contributed by atoms with van der Waals surface area (Å²) in [4.78, 5) is 27.1. The highest BCUT2D eigenvalue weighted by molar-refractivity contribution is 5.91. The van der Waals surface area contributed by atoms with Crippen LogP contribution in [-0.2, 0) is 0 Å². The van der Waals surface area contributed by atoms with E-state index in [2.05, 4.69) is 4.98 Å². The molecule has 0 bridgehead atoms. The first-order valence-corrected chi connectivity index (χ1v) is 5.41. The van der Waals surface area contributed by atoms with Gasteiger partial charge in [-0.25, -0.2) is 9.78 Å². The lowest BCUT2D eigenvalue weighted by Gasteiger charge is -2.09. The molecule has 5 heteroatoms. The van der Waals surface area contributed by atoms with Gasteiger partial charge in [0.05, 0.1) is 5.39 Å². The van der Waals surface area contributed by atoms with Gasteiger partial charge in [0.15, 0.2) is 0 Å². The van der Waals surface area contributed by atoms with Crippen LogP contribution in [0.3, 0.4) is 0 Å². The Labute approximate surface area is 96.3 Å². The predicted octanol–water partition coefficient (Wildman–Crippen LogP) is 1.43. The van der Waals surface area contributed by atoms with Gasteiger partial charge >= 0.3 is 5.97 Å². The molecule has 0 spiro atoms. The number of carboxylic acid groups (broad SMARTS) is 1. The summed E-state index contributed by atoms with van der Waals surface area (Å²) in [5.74, 6) is -1.19. The molecular formula is C12H10N2O3. The quantitative estimate of drug-likeness (QED) is 0.847. The summed E-state index contributed by atoms with van der Waals surface area (Å²) < 4.78 is 1.81. The van der Waals surface area contributed by atoms with Crippen LogP contribution in [0.4, 0.5) is 0 Å². The van der Waals surface area contributed by atoms with E-state index in [1.807, 2.05) is 0 Å². The van der Waals surface area contributed by atoms with Crippen molar-refractivity contribution >= 4 is 17.0 Å². The van der Waals surface area contributed by atoms with Gasteiger partial charge in [-0.3, -0.25) is 4.79 Å². The van der Waals surface area contributed by atoms with Gasteiger partial charge in [0.1, 0.15) is 11.2 Å². The molecule has 1 aliphatic rings. The number of fused-ring (bicyclic) bond motifs is 1. The summed E-state index contributed by atoms with van der Waals surface area (Å²) in [7, 11) is 0. The van der Waals surface area contributed by atoms with Gasteiger partial charge < -0.3 is 9.67 Å². The van der Waals surface area contributed by atoms with Crippen LogP contribution in [-0.4, -0.2) is 20.6 Å². The molecule has 1 aliphatic carbocycles. The second-order valence-corrected chi connectivity index (χ2v) is 4.19. The Morgan fingerprint density at radius 1 is 1.47 bits per heavy atom. The van der Waals surface area contributed by atoms with Crippen LogP contribution < -0.4 is 5.43 Å². The third kappa shape index (κ3) is 1.51. The standard InChI is InChI=1S/C12H10N2O3/c15-10-8-2-1-5-13-11(8)14(7-3-4-7)6-9(10)12(16)17/h1-2,5-7H,3-4H2,(H,16,17). The van der Waals surface area contributed by atoms with Crippen LogP contribution >= 0.6 is 0 Å². The molecule has 0 aliphatic heterocycles. The molecule has 17 heavy (non-hydrogen) atoms. The molecule has 0 unspecified atom stereocenters. The number of pyridine rings is 2. The molecule has 2 aromatic heterocycles. The number of carbonyl (C=O) groups is 1. The molecule has 3 rings (SSSR count). The van der Waals surface area contributed by atoms with Crippen LogP contribution in [0, 0.1) is 0 Å². The van der Waals surface area contributed by atoms with E-state index < -0.39 is 11.4 Å². The van der Waals surface area contributed by atoms with Crippen molar-refractivity contribution in [2.75, 3.05) is 0 Å². The fourth-order valence-corrected chi connectivity index (χ4v) is 1.97. The fourth-order valence-electron chi connectivity index (χ4n) is 1.97. The molecule has 2 aromatic rings. The normalized spacial score (nSPS) is 15.1. The lowest BCUT2D eigenvalue weighted by Crippen LogP contribution is -2.19. The number of aromatic nitrogens is 2. The number of rotatable bonds is 2. The first-order valence-electron chi connectivity index (χ1n) is 5.41. The maximum atomic E-state index is 11.9. The molecule has 0 radical (unpaired) electrons. The van der Waals surface area contributed by atoms with E-state index in [0.29, 0.717) is 11.0 Å². The minimum absolute atomic E-state index is 0.183. The molecule has 1 saturated carbocycles. The summed E-state index contributed by atoms with van der Waals surface area (Å²) in [6, 6.07) is 3.55. The highest BCUT2D eigenvalue weighted by Gasteiger charge is 2.26. The van der Waals surface area contributed by atoms with Crippen LogP contribution in [0.25, 0.3) is 11.0 Å². The van der Waals surface area contributed by atoms with Crippen molar-refractivity contribution in [3.8, 4) is 0 Å². The number of hydrogen-bond acceptors (Lipinski definition) is 3. The van der Waals surface area contributed by atoms with Gasteiger partial charge in [-0.05, 0) is 25.0 Å². The zero-order chi connectivity index (χ0) is 12.0. The van der Waals surface area contributed by atoms with Gasteiger partial charge in [-0.1, -0.05) is 0 Å². The average molecular weight is 230 g/mol. The van der Waals surface area contributed by atoms with E-state index in [0.717, 1.165) is 12.8 Å². The lowest BCUT2D eigenvalue weighted by molar-refractivity contribution is 0.0695. The zero-order valence-corrected chi connectivity index (χ0v) is 8.96. The molecule has 1 N–H and O–H groups in total. The van der Waals surface area contributed by atoms with Gasteiger partial charge in [0, 0.05) is 18.4 Å². The first kappa shape index (κ1) is 10.0. The SMILES string of the molecule is O=C(O)c1cn(C2CC2)c2ncccc2c1=O. The summed E-state index contributed by atoms with van der Waals surface area (Å²) >= 11 is 0. The van der Waals surface area contributed by atoms with E-state index in [4.69, 9.17) is 5.11 Å². The van der Waals surface area contributed by atoms with Gasteiger partial charge in [-0.2, -0.15) is 0 Å². The number of hydrogen-bond donors (Lipinski definition) is 1. The van der Waals surface area contributed by atoms with E-state index in [1.54, 1.807) is 22.9 Å². The largest absolute Gasteiger partial charge is 0.477 e. The van der Waals surface area contributed by atoms with Crippen LogP contribution in [0.15, 0.2) is 29.3 Å². The molecular weight excluding hydrogens is 220 g/mol. The van der Waals surface area contributed by atoms with Crippen molar-refractivity contribution in [1.82, 2.24) is 9.55 Å². The van der Waals surface area contributed by atoms with E-state index in [-0.39, 0.29) is 11.6 Å². The maximum absolute atomic E-state index is 11.9. The predicted molar refractivity (Wildman–Crippen MR) is 61.2 cm³/mol. The van der Waals surface area contributed by atoms with Crippen LogP contribution in [0.1, 0.15) is 29.2 Å². The second kappa shape index (κ2) is 3.41. The highest BCUT2D eigenvalue weighted by Crippen LogP contribution is 2.36. The van der Waals surface area contributed by atoms with E-state index >= 15 is 0 Å². The Hall–Kier alpha value is -2.17. The Morgan fingerprint density at radius 3 is 2.88 bits per heavy atom. The van der Waals surface area contributed by atoms with E-state index in [1.165, 1.54) is 6.20 Å². The summed E-state index contributed by atoms with van der Waals surface area (Å²) in [6.07, 6.45) is 5.04. The average Bonchev–Trinajstić information content (AvgIpc) is 3.13. The Bertz CT molecular complexity index is 671. The Morgan fingerprint density at radius 2 is 2.24 bits per heavy atom. The number of carboxylic acids is 1. The molecule has 0 aromatic carbocycles. The summed E-state index contributed by atoms with van der Waals surface area (Å²) in [5, 5.41) is 9.39. The molecule has 0 atom stereocenters. The topological polar surface area (TPSA) is 72.2 Å².